The van der Waals surface area contributed by atoms with Crippen LogP contribution in [0.1, 0.15) is 26.3 Å². The monoisotopic (exact) mass is 339 g/mol. The third-order valence-electron chi connectivity index (χ3n) is 3.99. The lowest BCUT2D eigenvalue weighted by atomic mass is 10.1. The van der Waals surface area contributed by atoms with Gasteiger partial charge in [-0.15, -0.1) is 0 Å². The zero-order valence-electron chi connectivity index (χ0n) is 12.8. The predicted octanol–water partition coefficient (Wildman–Crippen LogP) is 3.09. The van der Waals surface area contributed by atoms with E-state index in [1.165, 1.54) is 11.3 Å². The Kier molecular flexibility index (Phi) is 5.87. The van der Waals surface area contributed by atoms with Gasteiger partial charge in [-0.3, -0.25) is 4.90 Å². The fraction of sp³-hybridized carbons (Fsp3) is 0.625. The van der Waals surface area contributed by atoms with Crippen LogP contribution in [0.5, 0.6) is 0 Å². The molecule has 0 amide bonds. The summed E-state index contributed by atoms with van der Waals surface area (Å²) in [5.41, 5.74) is 2.77. The number of hydrogen-bond acceptors (Lipinski definition) is 3. The van der Waals surface area contributed by atoms with Crippen LogP contribution in [0.15, 0.2) is 22.7 Å². The molecule has 1 heterocycles. The van der Waals surface area contributed by atoms with E-state index in [2.05, 4.69) is 70.0 Å². The lowest BCUT2D eigenvalue weighted by Crippen LogP contribution is -2.49. The van der Waals surface area contributed by atoms with Gasteiger partial charge in [0.05, 0.1) is 0 Å². The topological polar surface area (TPSA) is 18.5 Å². The maximum Gasteiger partial charge on any atom is 0.0413 e. The highest BCUT2D eigenvalue weighted by atomic mass is 79.9. The van der Waals surface area contributed by atoms with Gasteiger partial charge >= 0.3 is 0 Å². The van der Waals surface area contributed by atoms with Crippen molar-refractivity contribution in [3.63, 3.8) is 0 Å². The van der Waals surface area contributed by atoms with Crippen molar-refractivity contribution >= 4 is 21.6 Å². The maximum atomic E-state index is 3.59. The predicted molar refractivity (Wildman–Crippen MR) is 90.4 cm³/mol. The average Bonchev–Trinajstić information content (AvgIpc) is 2.45. The van der Waals surface area contributed by atoms with Crippen molar-refractivity contribution in [2.75, 3.05) is 37.6 Å². The first kappa shape index (κ1) is 15.8. The largest absolute Gasteiger partial charge is 0.369 e. The Labute approximate surface area is 131 Å². The molecule has 0 radical (unpaired) electrons. The minimum absolute atomic E-state index is 0.656. The first-order chi connectivity index (χ1) is 9.61. The molecule has 112 valence electrons. The van der Waals surface area contributed by atoms with E-state index in [0.29, 0.717) is 6.04 Å². The van der Waals surface area contributed by atoms with E-state index in [9.17, 15) is 0 Å². The van der Waals surface area contributed by atoms with Crippen molar-refractivity contribution in [3.8, 4) is 0 Å². The standard InChI is InChI=1S/C16H26BrN3/c1-4-18-12-14-11-15(17)5-6-16(14)20-9-7-19(8-10-20)13(2)3/h5-6,11,13,18H,4,7-10,12H2,1-3H3. The summed E-state index contributed by atoms with van der Waals surface area (Å²) in [5, 5.41) is 3.44. The summed E-state index contributed by atoms with van der Waals surface area (Å²) in [4.78, 5) is 5.08. The van der Waals surface area contributed by atoms with Crippen molar-refractivity contribution in [2.45, 2.75) is 33.4 Å². The third kappa shape index (κ3) is 3.96. The average molecular weight is 340 g/mol. The fourth-order valence-electron chi connectivity index (χ4n) is 2.74. The summed E-state index contributed by atoms with van der Waals surface area (Å²) in [6.45, 7) is 13.2. The molecule has 20 heavy (non-hydrogen) atoms. The Morgan fingerprint density at radius 2 is 1.90 bits per heavy atom. The van der Waals surface area contributed by atoms with Crippen molar-refractivity contribution in [1.82, 2.24) is 10.2 Å². The number of rotatable bonds is 5. The lowest BCUT2D eigenvalue weighted by molar-refractivity contribution is 0.209. The SMILES string of the molecule is CCNCc1cc(Br)ccc1N1CCN(C(C)C)CC1. The smallest absolute Gasteiger partial charge is 0.0413 e. The van der Waals surface area contributed by atoms with Crippen molar-refractivity contribution < 1.29 is 0 Å². The van der Waals surface area contributed by atoms with E-state index in [4.69, 9.17) is 0 Å². The van der Waals surface area contributed by atoms with Crippen LogP contribution in [0.4, 0.5) is 5.69 Å². The molecule has 1 aliphatic heterocycles. The highest BCUT2D eigenvalue weighted by Crippen LogP contribution is 2.26. The number of hydrogen-bond donors (Lipinski definition) is 1. The Morgan fingerprint density at radius 1 is 1.20 bits per heavy atom. The van der Waals surface area contributed by atoms with Gasteiger partial charge in [0.2, 0.25) is 0 Å². The summed E-state index contributed by atoms with van der Waals surface area (Å²) in [6, 6.07) is 7.30. The molecule has 1 N–H and O–H groups in total. The highest BCUT2D eigenvalue weighted by molar-refractivity contribution is 9.10. The van der Waals surface area contributed by atoms with E-state index in [1.807, 2.05) is 0 Å². The Bertz CT molecular complexity index is 426. The van der Waals surface area contributed by atoms with Crippen LogP contribution in [0.3, 0.4) is 0 Å². The molecule has 0 saturated carbocycles. The molecule has 1 aliphatic rings. The number of anilines is 1. The molecule has 1 aromatic carbocycles. The van der Waals surface area contributed by atoms with Crippen molar-refractivity contribution in [2.24, 2.45) is 0 Å². The summed E-state index contributed by atoms with van der Waals surface area (Å²) in [6.07, 6.45) is 0. The normalized spacial score (nSPS) is 16.9. The molecule has 1 saturated heterocycles. The second-order valence-electron chi connectivity index (χ2n) is 5.67. The van der Waals surface area contributed by atoms with Gasteiger partial charge in [-0.05, 0) is 44.2 Å². The number of benzene rings is 1. The summed E-state index contributed by atoms with van der Waals surface area (Å²) >= 11 is 3.59. The molecule has 1 fully saturated rings. The second kappa shape index (κ2) is 7.43. The van der Waals surface area contributed by atoms with Gasteiger partial charge in [0.15, 0.2) is 0 Å². The molecule has 1 aromatic rings. The molecule has 0 spiro atoms. The number of nitrogens with one attached hydrogen (secondary N) is 1. The number of piperazine rings is 1. The van der Waals surface area contributed by atoms with Gasteiger partial charge in [0, 0.05) is 48.9 Å². The van der Waals surface area contributed by atoms with Crippen LogP contribution in [-0.2, 0) is 6.54 Å². The summed E-state index contributed by atoms with van der Waals surface area (Å²) in [5.74, 6) is 0. The first-order valence-electron chi connectivity index (χ1n) is 7.60. The van der Waals surface area contributed by atoms with Crippen molar-refractivity contribution in [3.05, 3.63) is 28.2 Å². The molecular weight excluding hydrogens is 314 g/mol. The zero-order valence-corrected chi connectivity index (χ0v) is 14.4. The highest BCUT2D eigenvalue weighted by Gasteiger charge is 2.20. The van der Waals surface area contributed by atoms with Crippen LogP contribution >= 0.6 is 15.9 Å². The molecule has 0 aliphatic carbocycles. The van der Waals surface area contributed by atoms with E-state index < -0.39 is 0 Å². The minimum atomic E-state index is 0.656. The third-order valence-corrected chi connectivity index (χ3v) is 4.49. The number of nitrogens with zero attached hydrogens (tertiary/aromatic N) is 2. The minimum Gasteiger partial charge on any atom is -0.369 e. The van der Waals surface area contributed by atoms with E-state index in [0.717, 1.165) is 43.7 Å². The quantitative estimate of drug-likeness (QED) is 0.889. The van der Waals surface area contributed by atoms with Crippen LogP contribution in [0, 0.1) is 0 Å². The zero-order chi connectivity index (χ0) is 14.5. The lowest BCUT2D eigenvalue weighted by Gasteiger charge is -2.39. The molecule has 4 heteroatoms. The Hall–Kier alpha value is -0.580. The van der Waals surface area contributed by atoms with Crippen LogP contribution in [0.25, 0.3) is 0 Å². The van der Waals surface area contributed by atoms with E-state index in [1.54, 1.807) is 0 Å². The van der Waals surface area contributed by atoms with Crippen LogP contribution in [0.2, 0.25) is 0 Å². The molecule has 0 atom stereocenters. The summed E-state index contributed by atoms with van der Waals surface area (Å²) in [7, 11) is 0. The fourth-order valence-corrected chi connectivity index (χ4v) is 3.15. The van der Waals surface area contributed by atoms with Crippen LogP contribution < -0.4 is 10.2 Å². The number of halogens is 1. The van der Waals surface area contributed by atoms with Gasteiger partial charge in [-0.1, -0.05) is 22.9 Å². The van der Waals surface area contributed by atoms with Crippen molar-refractivity contribution in [1.29, 1.82) is 0 Å². The van der Waals surface area contributed by atoms with Gasteiger partial charge in [-0.2, -0.15) is 0 Å². The second-order valence-corrected chi connectivity index (χ2v) is 6.59. The molecule has 0 unspecified atom stereocenters. The van der Waals surface area contributed by atoms with Gasteiger partial charge < -0.3 is 10.2 Å². The van der Waals surface area contributed by atoms with Crippen LogP contribution in [-0.4, -0.2) is 43.7 Å². The van der Waals surface area contributed by atoms with Gasteiger partial charge in [0.1, 0.15) is 0 Å². The van der Waals surface area contributed by atoms with E-state index in [-0.39, 0.29) is 0 Å². The Balaban J connectivity index is 2.08. The molecule has 0 bridgehead atoms. The first-order valence-corrected chi connectivity index (χ1v) is 8.39. The molecule has 0 aromatic heterocycles. The maximum absolute atomic E-state index is 3.59. The Morgan fingerprint density at radius 3 is 2.50 bits per heavy atom. The van der Waals surface area contributed by atoms with Gasteiger partial charge in [-0.25, -0.2) is 0 Å². The molecule has 2 rings (SSSR count). The van der Waals surface area contributed by atoms with Gasteiger partial charge in [0.25, 0.3) is 0 Å². The summed E-state index contributed by atoms with van der Waals surface area (Å²) < 4.78 is 1.16. The molecular formula is C16H26BrN3. The van der Waals surface area contributed by atoms with E-state index >= 15 is 0 Å². The molecule has 3 nitrogen and oxygen atoms in total.